The summed E-state index contributed by atoms with van der Waals surface area (Å²) in [6, 6.07) is 2.04. The lowest BCUT2D eigenvalue weighted by atomic mass is 10.1. The number of thiophene rings is 1. The number of rotatable bonds is 4. The molecule has 0 aliphatic carbocycles. The van der Waals surface area contributed by atoms with E-state index in [0.717, 1.165) is 6.42 Å². The summed E-state index contributed by atoms with van der Waals surface area (Å²) in [7, 11) is 0. The molecule has 0 saturated heterocycles. The van der Waals surface area contributed by atoms with Gasteiger partial charge in [0.1, 0.15) is 0 Å². The Labute approximate surface area is 72.6 Å². The van der Waals surface area contributed by atoms with Crippen LogP contribution in [0.25, 0.3) is 6.08 Å². The van der Waals surface area contributed by atoms with Gasteiger partial charge < -0.3 is 0 Å². The van der Waals surface area contributed by atoms with Crippen molar-refractivity contribution in [2.45, 2.75) is 26.2 Å². The second-order valence-corrected chi connectivity index (χ2v) is 3.40. The normalized spacial score (nSPS) is 9.91. The molecule has 0 aliphatic heterocycles. The third-order valence-electron chi connectivity index (χ3n) is 1.67. The average molecular weight is 164 g/mol. The summed E-state index contributed by atoms with van der Waals surface area (Å²) in [6.07, 6.45) is 5.29. The summed E-state index contributed by atoms with van der Waals surface area (Å²) in [5, 5.41) is 3.09. The van der Waals surface area contributed by atoms with Crippen molar-refractivity contribution in [2.75, 3.05) is 0 Å². The van der Waals surface area contributed by atoms with Crippen molar-refractivity contribution in [2.24, 2.45) is 0 Å². The van der Waals surface area contributed by atoms with E-state index >= 15 is 0 Å². The van der Waals surface area contributed by atoms with Crippen LogP contribution in [0, 0.1) is 12.0 Å². The van der Waals surface area contributed by atoms with Gasteiger partial charge in [-0.2, -0.15) is 0 Å². The lowest BCUT2D eigenvalue weighted by Gasteiger charge is -1.96. The zero-order chi connectivity index (χ0) is 8.10. The fourth-order valence-electron chi connectivity index (χ4n) is 1.00. The van der Waals surface area contributed by atoms with E-state index in [4.69, 9.17) is 6.58 Å². The van der Waals surface area contributed by atoms with Gasteiger partial charge in [0.15, 0.2) is 0 Å². The largest absolute Gasteiger partial charge is 0.135 e. The Kier molecular flexibility index (Phi) is 3.37. The Morgan fingerprint density at radius 3 is 3.18 bits per heavy atom. The van der Waals surface area contributed by atoms with Gasteiger partial charge in [0.25, 0.3) is 0 Å². The zero-order valence-electron chi connectivity index (χ0n) is 6.76. The highest BCUT2D eigenvalue weighted by molar-refractivity contribution is 7.10. The van der Waals surface area contributed by atoms with Crippen LogP contribution in [0.2, 0.25) is 0 Å². The number of unbranched alkanes of at least 4 members (excludes halogenated alkanes) is 1. The van der Waals surface area contributed by atoms with Crippen molar-refractivity contribution in [3.63, 3.8) is 0 Å². The second-order valence-electron chi connectivity index (χ2n) is 2.52. The van der Waals surface area contributed by atoms with Crippen LogP contribution >= 0.6 is 11.3 Å². The molecule has 0 N–H and O–H groups in total. The molecule has 0 unspecified atom stereocenters. The van der Waals surface area contributed by atoms with Crippen molar-refractivity contribution in [1.82, 2.24) is 0 Å². The van der Waals surface area contributed by atoms with Crippen LogP contribution in [0.3, 0.4) is 0 Å². The van der Waals surface area contributed by atoms with Gasteiger partial charge in [-0.15, -0.1) is 11.3 Å². The first-order chi connectivity index (χ1) is 5.38. The van der Waals surface area contributed by atoms with Crippen LogP contribution in [-0.2, 0) is 6.42 Å². The molecule has 1 heteroatoms. The van der Waals surface area contributed by atoms with Crippen LogP contribution in [0.15, 0.2) is 6.07 Å². The van der Waals surface area contributed by atoms with Gasteiger partial charge in [0, 0.05) is 10.3 Å². The molecule has 0 aromatic carbocycles. The van der Waals surface area contributed by atoms with E-state index in [9.17, 15) is 0 Å². The van der Waals surface area contributed by atoms with E-state index in [1.807, 2.05) is 6.07 Å². The highest BCUT2D eigenvalue weighted by Gasteiger charge is 1.98. The highest BCUT2D eigenvalue weighted by atomic mass is 32.1. The Balaban J connectivity index is 2.61. The maximum atomic E-state index is 5.43. The number of aryl methyl sites for hydroxylation is 1. The quantitative estimate of drug-likeness (QED) is 0.640. The van der Waals surface area contributed by atoms with Gasteiger partial charge >= 0.3 is 0 Å². The van der Waals surface area contributed by atoms with E-state index < -0.39 is 0 Å². The number of hydrogen-bond acceptors (Lipinski definition) is 1. The fourth-order valence-corrected chi connectivity index (χ4v) is 1.69. The molecular formula is C10H12S. The first-order valence-corrected chi connectivity index (χ1v) is 4.73. The molecule has 58 valence electrons. The van der Waals surface area contributed by atoms with Crippen LogP contribution < -0.4 is 0 Å². The molecule has 1 rings (SSSR count). The minimum Gasteiger partial charge on any atom is -0.135 e. The molecule has 0 bridgehead atoms. The standard InChI is InChI=1S/C10H12S/c1-3-5-6-9-7-8-11-10(9)4-2/h2,4,7H,3,5-6H2,1H3. The predicted molar refractivity (Wildman–Crippen MR) is 50.5 cm³/mol. The minimum atomic E-state index is 1.14. The summed E-state index contributed by atoms with van der Waals surface area (Å²) in [5.41, 5.74) is 1.35. The van der Waals surface area contributed by atoms with Crippen LogP contribution in [-0.4, -0.2) is 0 Å². The Morgan fingerprint density at radius 1 is 1.73 bits per heavy atom. The molecule has 1 heterocycles. The summed E-state index contributed by atoms with van der Waals surface area (Å²) < 4.78 is 0. The van der Waals surface area contributed by atoms with Crippen molar-refractivity contribution < 1.29 is 0 Å². The Hall–Kier alpha value is -0.560. The zero-order valence-corrected chi connectivity index (χ0v) is 7.58. The highest BCUT2D eigenvalue weighted by Crippen LogP contribution is 2.18. The summed E-state index contributed by atoms with van der Waals surface area (Å²) in [4.78, 5) is 1.18. The first-order valence-electron chi connectivity index (χ1n) is 3.92. The van der Waals surface area contributed by atoms with E-state index in [2.05, 4.69) is 12.3 Å². The summed E-state index contributed by atoms with van der Waals surface area (Å²) in [6.45, 7) is 7.63. The Morgan fingerprint density at radius 2 is 2.55 bits per heavy atom. The molecule has 0 atom stereocenters. The molecule has 0 nitrogen and oxygen atoms in total. The average Bonchev–Trinajstić information content (AvgIpc) is 2.47. The molecule has 0 fully saturated rings. The van der Waals surface area contributed by atoms with Crippen LogP contribution in [0.4, 0.5) is 0 Å². The maximum absolute atomic E-state index is 5.43. The lowest BCUT2D eigenvalue weighted by Crippen LogP contribution is -1.82. The van der Waals surface area contributed by atoms with Crippen molar-refractivity contribution >= 4 is 17.4 Å². The summed E-state index contributed by atoms with van der Waals surface area (Å²) >= 11 is 1.59. The van der Waals surface area contributed by atoms with E-state index in [1.54, 1.807) is 17.4 Å². The Bertz CT molecular complexity index is 223. The molecule has 0 spiro atoms. The van der Waals surface area contributed by atoms with Crippen molar-refractivity contribution in [1.29, 1.82) is 0 Å². The molecule has 0 amide bonds. The van der Waals surface area contributed by atoms with Crippen molar-refractivity contribution in [3.8, 4) is 0 Å². The smallest absolute Gasteiger partial charge is 0.0452 e. The third-order valence-corrected chi connectivity index (χ3v) is 2.52. The molecule has 2 radical (unpaired) electrons. The van der Waals surface area contributed by atoms with Gasteiger partial charge in [0.2, 0.25) is 0 Å². The van der Waals surface area contributed by atoms with Gasteiger partial charge in [-0.25, -0.2) is 0 Å². The molecule has 0 saturated carbocycles. The van der Waals surface area contributed by atoms with Crippen LogP contribution in [0.1, 0.15) is 30.2 Å². The molecule has 11 heavy (non-hydrogen) atoms. The molecule has 1 aromatic heterocycles. The fraction of sp³-hybridized carbons (Fsp3) is 0.400. The maximum Gasteiger partial charge on any atom is 0.0452 e. The first kappa shape index (κ1) is 8.54. The van der Waals surface area contributed by atoms with Gasteiger partial charge in [-0.3, -0.25) is 0 Å². The minimum absolute atomic E-state index is 1.14. The van der Waals surface area contributed by atoms with Gasteiger partial charge in [-0.1, -0.05) is 19.9 Å². The number of hydrogen-bond donors (Lipinski definition) is 0. The van der Waals surface area contributed by atoms with E-state index in [1.165, 1.54) is 23.3 Å². The molecular weight excluding hydrogens is 152 g/mol. The SMILES string of the molecule is [CH]=Cc1s[c]cc1CCCC. The second kappa shape index (κ2) is 4.35. The molecule has 1 aromatic rings. The lowest BCUT2D eigenvalue weighted by molar-refractivity contribution is 0.796. The van der Waals surface area contributed by atoms with Gasteiger partial charge in [0.05, 0.1) is 0 Å². The van der Waals surface area contributed by atoms with Crippen molar-refractivity contribution in [3.05, 3.63) is 28.5 Å². The third kappa shape index (κ3) is 2.19. The van der Waals surface area contributed by atoms with E-state index in [0.29, 0.717) is 0 Å². The van der Waals surface area contributed by atoms with E-state index in [-0.39, 0.29) is 0 Å². The van der Waals surface area contributed by atoms with Gasteiger partial charge in [-0.05, 0) is 30.5 Å². The topological polar surface area (TPSA) is 0 Å². The molecule has 0 aliphatic rings. The predicted octanol–water partition coefficient (Wildman–Crippen LogP) is 3.34. The van der Waals surface area contributed by atoms with Crippen LogP contribution in [0.5, 0.6) is 0 Å². The monoisotopic (exact) mass is 164 g/mol. The summed E-state index contributed by atoms with van der Waals surface area (Å²) in [5.74, 6) is 0.